The number of piperidine rings is 1. The van der Waals surface area contributed by atoms with Crippen LogP contribution in [0.4, 0.5) is 4.79 Å². The van der Waals surface area contributed by atoms with Crippen molar-refractivity contribution in [1.82, 2.24) is 35.0 Å². The van der Waals surface area contributed by atoms with Gasteiger partial charge < -0.3 is 14.9 Å². The first-order valence-electron chi connectivity index (χ1n) is 17.4. The fourth-order valence-corrected chi connectivity index (χ4v) is 8.55. The van der Waals surface area contributed by atoms with Gasteiger partial charge in [-0.1, -0.05) is 53.5 Å². The summed E-state index contributed by atoms with van der Waals surface area (Å²) in [6, 6.07) is 19.7. The predicted molar refractivity (Wildman–Crippen MR) is 191 cm³/mol. The number of carboxylic acid groups (broad SMARTS) is 1. The molecule has 2 unspecified atom stereocenters. The van der Waals surface area contributed by atoms with Crippen LogP contribution in [-0.2, 0) is 20.4 Å². The maximum Gasteiger partial charge on any atom is 0.343 e. The fraction of sp³-hybridized carbons (Fsp3) is 0.432. The Morgan fingerprint density at radius 1 is 0.843 bits per heavy atom. The maximum atomic E-state index is 14.2. The van der Waals surface area contributed by atoms with Crippen molar-refractivity contribution in [3.63, 3.8) is 0 Å². The molecule has 2 N–H and O–H groups in total. The van der Waals surface area contributed by atoms with E-state index in [2.05, 4.69) is 15.2 Å². The van der Waals surface area contributed by atoms with E-state index in [0.717, 1.165) is 18.4 Å². The SMILES string of the molecule is O=C(O)C1N2CCN(CC2)N1C(=O)NC(=O)C1(c2ccccn2)CCN(CCC2(c3ccc(Cl)c(Cl)c3)CCN(C(=O)c3ccccc3)C2)CC1. The Bertz CT molecular complexity index is 1780. The quantitative estimate of drug-likeness (QED) is 0.352. The van der Waals surface area contributed by atoms with Gasteiger partial charge in [-0.15, -0.1) is 0 Å². The molecule has 0 saturated carbocycles. The number of urea groups is 1. The van der Waals surface area contributed by atoms with Gasteiger partial charge in [0.2, 0.25) is 12.1 Å². The van der Waals surface area contributed by atoms with Crippen molar-refractivity contribution in [3.05, 3.63) is 99.8 Å². The van der Waals surface area contributed by atoms with Crippen LogP contribution in [0.15, 0.2) is 72.9 Å². The zero-order valence-corrected chi connectivity index (χ0v) is 29.7. The molecule has 0 aliphatic carbocycles. The summed E-state index contributed by atoms with van der Waals surface area (Å²) >= 11 is 12.8. The third kappa shape index (κ3) is 6.83. The molecule has 268 valence electrons. The highest BCUT2D eigenvalue weighted by molar-refractivity contribution is 6.42. The lowest BCUT2D eigenvalue weighted by Crippen LogP contribution is -2.74. The van der Waals surface area contributed by atoms with E-state index in [1.54, 1.807) is 22.2 Å². The number of halogens is 2. The zero-order valence-electron chi connectivity index (χ0n) is 28.2. The zero-order chi connectivity index (χ0) is 35.8. The van der Waals surface area contributed by atoms with Crippen LogP contribution < -0.4 is 5.32 Å². The Labute approximate surface area is 306 Å². The van der Waals surface area contributed by atoms with Gasteiger partial charge in [0, 0.05) is 56.4 Å². The number of fused-ring (bicyclic) bond motifs is 3. The highest BCUT2D eigenvalue weighted by atomic mass is 35.5. The number of amides is 4. The molecule has 3 aromatic rings. The van der Waals surface area contributed by atoms with Crippen molar-refractivity contribution in [1.29, 1.82) is 0 Å². The van der Waals surface area contributed by atoms with Gasteiger partial charge in [0.1, 0.15) is 0 Å². The number of carboxylic acids is 1. The molecule has 6 heterocycles. The number of aliphatic carboxylic acids is 1. The summed E-state index contributed by atoms with van der Waals surface area (Å²) in [5.74, 6) is -1.62. The second-order valence-electron chi connectivity index (χ2n) is 13.9. The van der Waals surface area contributed by atoms with Crippen LogP contribution in [0.3, 0.4) is 0 Å². The second kappa shape index (κ2) is 14.5. The topological polar surface area (TPSA) is 130 Å². The number of nitrogens with zero attached hydrogens (tertiary/aromatic N) is 6. The molecule has 5 aliphatic heterocycles. The number of carbonyl (C=O) groups excluding carboxylic acids is 3. The van der Waals surface area contributed by atoms with Crippen LogP contribution >= 0.6 is 23.2 Å². The lowest BCUT2D eigenvalue weighted by molar-refractivity contribution is -0.190. The number of piperazine rings is 1. The van der Waals surface area contributed by atoms with E-state index in [-0.39, 0.29) is 11.3 Å². The van der Waals surface area contributed by atoms with E-state index in [1.807, 2.05) is 65.6 Å². The summed E-state index contributed by atoms with van der Waals surface area (Å²) in [5, 5.41) is 16.3. The molecule has 5 saturated heterocycles. The molecule has 5 fully saturated rings. The first-order valence-corrected chi connectivity index (χ1v) is 18.2. The van der Waals surface area contributed by atoms with Gasteiger partial charge >= 0.3 is 12.0 Å². The summed E-state index contributed by atoms with van der Waals surface area (Å²) in [7, 11) is 0. The minimum atomic E-state index is -1.16. The number of rotatable bonds is 8. The number of pyridine rings is 1. The third-order valence-corrected chi connectivity index (χ3v) is 12.0. The Morgan fingerprint density at radius 3 is 2.24 bits per heavy atom. The molecule has 0 radical (unpaired) electrons. The summed E-state index contributed by atoms with van der Waals surface area (Å²) in [6.07, 6.45) is 2.83. The Balaban J connectivity index is 1.07. The monoisotopic (exact) mass is 733 g/mol. The first kappa shape index (κ1) is 35.3. The van der Waals surface area contributed by atoms with Gasteiger partial charge in [0.05, 0.1) is 21.2 Å². The van der Waals surface area contributed by atoms with Crippen molar-refractivity contribution in [2.75, 3.05) is 58.9 Å². The third-order valence-electron chi connectivity index (χ3n) is 11.2. The van der Waals surface area contributed by atoms with Crippen molar-refractivity contribution < 1.29 is 24.3 Å². The van der Waals surface area contributed by atoms with Crippen LogP contribution in [0, 0.1) is 0 Å². The summed E-state index contributed by atoms with van der Waals surface area (Å²) in [6.45, 7) is 5.10. The maximum absolute atomic E-state index is 14.2. The first-order chi connectivity index (χ1) is 24.6. The minimum absolute atomic E-state index is 0.00254. The molecule has 12 nitrogen and oxygen atoms in total. The number of carbonyl (C=O) groups is 4. The van der Waals surface area contributed by atoms with Crippen LogP contribution in [0.25, 0.3) is 0 Å². The number of benzene rings is 2. The van der Waals surface area contributed by atoms with Crippen LogP contribution in [-0.4, -0.2) is 124 Å². The molecule has 2 aromatic carbocycles. The predicted octanol–water partition coefficient (Wildman–Crippen LogP) is 4.09. The molecule has 51 heavy (non-hydrogen) atoms. The largest absolute Gasteiger partial charge is 0.479 e. The van der Waals surface area contributed by atoms with Gasteiger partial charge in [0.25, 0.3) is 5.91 Å². The lowest BCUT2D eigenvalue weighted by atomic mass is 9.73. The molecule has 0 spiro atoms. The van der Waals surface area contributed by atoms with E-state index in [4.69, 9.17) is 23.2 Å². The normalized spacial score (nSPS) is 25.8. The molecular formula is C37H41Cl2N7O5. The molecule has 1 aromatic heterocycles. The number of hydrogen-bond acceptors (Lipinski definition) is 8. The average Bonchev–Trinajstić information content (AvgIpc) is 3.61. The molecule has 5 aliphatic rings. The smallest absolute Gasteiger partial charge is 0.343 e. The minimum Gasteiger partial charge on any atom is -0.479 e. The van der Waals surface area contributed by atoms with Crippen LogP contribution in [0.1, 0.15) is 47.3 Å². The summed E-state index contributed by atoms with van der Waals surface area (Å²) in [5.41, 5.74) is 0.840. The van der Waals surface area contributed by atoms with E-state index >= 15 is 0 Å². The van der Waals surface area contributed by atoms with E-state index in [9.17, 15) is 24.3 Å². The van der Waals surface area contributed by atoms with Gasteiger partial charge in [-0.25, -0.2) is 19.6 Å². The lowest BCUT2D eigenvalue weighted by Gasteiger charge is -2.52. The Morgan fingerprint density at radius 2 is 1.57 bits per heavy atom. The molecule has 2 bridgehead atoms. The summed E-state index contributed by atoms with van der Waals surface area (Å²) in [4.78, 5) is 64.0. The van der Waals surface area contributed by atoms with Crippen LogP contribution in [0.2, 0.25) is 10.0 Å². The number of hydrazine groups is 1. The van der Waals surface area contributed by atoms with Gasteiger partial charge in [0.15, 0.2) is 0 Å². The molecule has 14 heteroatoms. The highest BCUT2D eigenvalue weighted by Gasteiger charge is 2.50. The van der Waals surface area contributed by atoms with Crippen molar-refractivity contribution in [2.45, 2.75) is 42.7 Å². The van der Waals surface area contributed by atoms with E-state index in [0.29, 0.717) is 93.0 Å². The number of likely N-dealkylation sites (tertiary alicyclic amines) is 2. The number of nitrogens with one attached hydrogen (secondary N) is 1. The Hall–Kier alpha value is -4.07. The number of imide groups is 1. The number of aromatic nitrogens is 1. The molecule has 2 atom stereocenters. The average molecular weight is 735 g/mol. The molecular weight excluding hydrogens is 693 g/mol. The van der Waals surface area contributed by atoms with E-state index < -0.39 is 29.5 Å². The second-order valence-corrected chi connectivity index (χ2v) is 14.8. The van der Waals surface area contributed by atoms with Crippen molar-refractivity contribution >= 4 is 47.0 Å². The van der Waals surface area contributed by atoms with Crippen LogP contribution in [0.5, 0.6) is 0 Å². The van der Waals surface area contributed by atoms with Crippen molar-refractivity contribution in [2.24, 2.45) is 0 Å². The summed E-state index contributed by atoms with van der Waals surface area (Å²) < 4.78 is 0. The highest BCUT2D eigenvalue weighted by Crippen LogP contribution is 2.42. The number of hydrogen-bond donors (Lipinski definition) is 2. The molecule has 8 rings (SSSR count). The van der Waals surface area contributed by atoms with E-state index in [1.165, 1.54) is 5.01 Å². The fourth-order valence-electron chi connectivity index (χ4n) is 8.25. The van der Waals surface area contributed by atoms with Gasteiger partial charge in [-0.05, 0) is 87.3 Å². The van der Waals surface area contributed by atoms with Gasteiger partial charge in [-0.2, -0.15) is 0 Å². The van der Waals surface area contributed by atoms with Gasteiger partial charge in [-0.3, -0.25) is 24.8 Å². The Kier molecular flexibility index (Phi) is 10.1. The standard InChI is InChI=1S/C37H41Cl2N7O5/c38-28-10-9-27(24-29(28)39)36(12-19-44(25-36)32(47)26-6-2-1-3-7-26)11-16-42-17-13-37(14-18-42,30-8-4-5-15-40-30)34(50)41-35(51)46-31(33(48)49)43-20-22-45(46)23-21-43/h1-10,15,24,31H,11-14,16-23,25H2,(H,48,49)(H,41,50,51). The van der Waals surface area contributed by atoms with Crippen molar-refractivity contribution in [3.8, 4) is 0 Å². The molecule has 4 amide bonds.